The molecular weight excluding hydrogens is 450 g/mol. The minimum Gasteiger partial charge on any atom is -0.493 e. The Balaban J connectivity index is 1.44. The maximum atomic E-state index is 13.6. The molecule has 34 heavy (non-hydrogen) atoms. The average Bonchev–Trinajstić information content (AvgIpc) is 2.88. The summed E-state index contributed by atoms with van der Waals surface area (Å²) in [4.78, 5) is 18.3. The highest BCUT2D eigenvalue weighted by atomic mass is 35.5. The number of rotatable bonds is 5. The standard InChI is InChI=1S/C27H28ClN3O3/c1-33-25-12-11-19(16-26(25)34-2)29-27(32)20-15-18-7-3-5-9-22(18)31-14-13-30(17-24(20)31)23-10-6-4-8-21(23)28/h3-12,16,20,24H,13-15,17H2,1-2H3,(H,29,32). The van der Waals surface area contributed by atoms with Gasteiger partial charge in [0.25, 0.3) is 0 Å². The van der Waals surface area contributed by atoms with Gasteiger partial charge in [0.05, 0.1) is 36.9 Å². The van der Waals surface area contributed by atoms with E-state index in [1.165, 1.54) is 11.3 Å². The van der Waals surface area contributed by atoms with Crippen molar-refractivity contribution in [1.82, 2.24) is 0 Å². The summed E-state index contributed by atoms with van der Waals surface area (Å²) in [6.45, 7) is 2.40. The van der Waals surface area contributed by atoms with Crippen LogP contribution in [0, 0.1) is 5.92 Å². The number of amides is 1. The molecule has 0 aromatic heterocycles. The van der Waals surface area contributed by atoms with Gasteiger partial charge in [-0.05, 0) is 42.3 Å². The molecule has 3 aromatic carbocycles. The first kappa shape index (κ1) is 22.4. The van der Waals surface area contributed by atoms with Crippen molar-refractivity contribution in [2.45, 2.75) is 12.5 Å². The number of nitrogens with one attached hydrogen (secondary N) is 1. The molecule has 0 saturated carbocycles. The minimum absolute atomic E-state index is 0.00210. The van der Waals surface area contributed by atoms with Gasteiger partial charge in [-0.25, -0.2) is 0 Å². The number of methoxy groups -OCH3 is 2. The van der Waals surface area contributed by atoms with Crippen LogP contribution in [0.25, 0.3) is 0 Å². The number of ether oxygens (including phenoxy) is 2. The van der Waals surface area contributed by atoms with E-state index in [1.54, 1.807) is 26.4 Å². The fourth-order valence-corrected chi connectivity index (χ4v) is 5.39. The van der Waals surface area contributed by atoms with E-state index in [0.29, 0.717) is 23.6 Å². The molecule has 2 unspecified atom stereocenters. The monoisotopic (exact) mass is 477 g/mol. The fourth-order valence-electron chi connectivity index (χ4n) is 5.13. The molecule has 2 heterocycles. The number of hydrogen-bond donors (Lipinski definition) is 1. The summed E-state index contributed by atoms with van der Waals surface area (Å²) in [7, 11) is 3.18. The molecule has 176 valence electrons. The summed E-state index contributed by atoms with van der Waals surface area (Å²) < 4.78 is 10.7. The van der Waals surface area contributed by atoms with Crippen molar-refractivity contribution in [3.8, 4) is 11.5 Å². The van der Waals surface area contributed by atoms with E-state index >= 15 is 0 Å². The summed E-state index contributed by atoms with van der Waals surface area (Å²) in [5, 5.41) is 3.86. The zero-order chi connectivity index (χ0) is 23.7. The topological polar surface area (TPSA) is 54.0 Å². The predicted octanol–water partition coefficient (Wildman–Crippen LogP) is 4.86. The van der Waals surface area contributed by atoms with Gasteiger partial charge in [0.1, 0.15) is 0 Å². The summed E-state index contributed by atoms with van der Waals surface area (Å²) in [6.07, 6.45) is 0.687. The first-order chi connectivity index (χ1) is 16.6. The lowest BCUT2D eigenvalue weighted by molar-refractivity contribution is -0.120. The van der Waals surface area contributed by atoms with Crippen molar-refractivity contribution in [2.24, 2.45) is 5.92 Å². The molecule has 0 aliphatic carbocycles. The van der Waals surface area contributed by atoms with Gasteiger partial charge in [-0.3, -0.25) is 4.79 Å². The van der Waals surface area contributed by atoms with Crippen molar-refractivity contribution >= 4 is 34.6 Å². The predicted molar refractivity (Wildman–Crippen MR) is 137 cm³/mol. The molecule has 1 saturated heterocycles. The third-order valence-corrected chi connectivity index (χ3v) is 7.12. The van der Waals surface area contributed by atoms with Crippen LogP contribution in [0.2, 0.25) is 5.02 Å². The van der Waals surface area contributed by atoms with Gasteiger partial charge in [0, 0.05) is 37.1 Å². The number of para-hydroxylation sites is 2. The van der Waals surface area contributed by atoms with E-state index in [9.17, 15) is 4.79 Å². The van der Waals surface area contributed by atoms with Gasteiger partial charge in [-0.1, -0.05) is 41.9 Å². The lowest BCUT2D eigenvalue weighted by atomic mass is 9.83. The quantitative estimate of drug-likeness (QED) is 0.568. The van der Waals surface area contributed by atoms with Crippen LogP contribution in [-0.2, 0) is 11.2 Å². The first-order valence-corrected chi connectivity index (χ1v) is 11.8. The third-order valence-electron chi connectivity index (χ3n) is 6.80. The SMILES string of the molecule is COc1ccc(NC(=O)C2Cc3ccccc3N3CCN(c4ccccc4Cl)CC23)cc1OC. The number of halogens is 1. The number of carbonyl (C=O) groups excluding carboxylic acids is 1. The van der Waals surface area contributed by atoms with E-state index in [2.05, 4.69) is 33.3 Å². The van der Waals surface area contributed by atoms with Crippen LogP contribution < -0.4 is 24.6 Å². The molecule has 7 heteroatoms. The Labute approximate surface area is 205 Å². The summed E-state index contributed by atoms with van der Waals surface area (Å²) in [6, 6.07) is 21.8. The third kappa shape index (κ3) is 4.14. The van der Waals surface area contributed by atoms with Crippen molar-refractivity contribution < 1.29 is 14.3 Å². The normalized spacial score (nSPS) is 19.1. The van der Waals surface area contributed by atoms with E-state index in [1.807, 2.05) is 36.4 Å². The molecule has 1 fully saturated rings. The highest BCUT2D eigenvalue weighted by Crippen LogP contribution is 2.38. The highest BCUT2D eigenvalue weighted by Gasteiger charge is 2.41. The van der Waals surface area contributed by atoms with E-state index in [-0.39, 0.29) is 17.9 Å². The molecule has 3 aromatic rings. The molecular formula is C27H28ClN3O3. The Morgan fingerprint density at radius 3 is 2.44 bits per heavy atom. The summed E-state index contributed by atoms with van der Waals surface area (Å²) in [5.74, 6) is 0.991. The Kier molecular flexibility index (Phi) is 6.24. The maximum absolute atomic E-state index is 13.6. The number of fused-ring (bicyclic) bond motifs is 3. The largest absolute Gasteiger partial charge is 0.493 e. The second-order valence-electron chi connectivity index (χ2n) is 8.66. The zero-order valence-electron chi connectivity index (χ0n) is 19.3. The summed E-state index contributed by atoms with van der Waals surface area (Å²) >= 11 is 6.52. The number of hydrogen-bond acceptors (Lipinski definition) is 5. The number of carbonyl (C=O) groups is 1. The van der Waals surface area contributed by atoms with Gasteiger partial charge >= 0.3 is 0 Å². The molecule has 0 radical (unpaired) electrons. The van der Waals surface area contributed by atoms with Crippen LogP contribution in [0.1, 0.15) is 5.56 Å². The van der Waals surface area contributed by atoms with E-state index in [4.69, 9.17) is 21.1 Å². The van der Waals surface area contributed by atoms with E-state index in [0.717, 1.165) is 30.3 Å². The Morgan fingerprint density at radius 1 is 0.941 bits per heavy atom. The van der Waals surface area contributed by atoms with Crippen LogP contribution >= 0.6 is 11.6 Å². The van der Waals surface area contributed by atoms with Crippen molar-refractivity contribution in [2.75, 3.05) is 49.0 Å². The smallest absolute Gasteiger partial charge is 0.229 e. The molecule has 2 atom stereocenters. The summed E-state index contributed by atoms with van der Waals surface area (Å²) in [5.41, 5.74) is 4.13. The number of nitrogens with zero attached hydrogens (tertiary/aromatic N) is 2. The van der Waals surface area contributed by atoms with Crippen LogP contribution in [0.15, 0.2) is 66.7 Å². The van der Waals surface area contributed by atoms with E-state index < -0.39 is 0 Å². The lowest BCUT2D eigenvalue weighted by Crippen LogP contribution is -2.60. The fraction of sp³-hybridized carbons (Fsp3) is 0.296. The van der Waals surface area contributed by atoms with Gasteiger partial charge < -0.3 is 24.6 Å². The Morgan fingerprint density at radius 2 is 1.68 bits per heavy atom. The Bertz CT molecular complexity index is 1200. The maximum Gasteiger partial charge on any atom is 0.229 e. The first-order valence-electron chi connectivity index (χ1n) is 11.5. The second-order valence-corrected chi connectivity index (χ2v) is 9.06. The van der Waals surface area contributed by atoms with Crippen molar-refractivity contribution in [3.63, 3.8) is 0 Å². The van der Waals surface area contributed by atoms with Crippen LogP contribution in [0.3, 0.4) is 0 Å². The molecule has 0 spiro atoms. The van der Waals surface area contributed by atoms with Gasteiger partial charge in [0.15, 0.2) is 11.5 Å². The van der Waals surface area contributed by atoms with Crippen LogP contribution in [-0.4, -0.2) is 45.8 Å². The van der Waals surface area contributed by atoms with Crippen LogP contribution in [0.4, 0.5) is 17.1 Å². The molecule has 1 amide bonds. The van der Waals surface area contributed by atoms with Gasteiger partial charge in [-0.15, -0.1) is 0 Å². The molecule has 2 aliphatic rings. The van der Waals surface area contributed by atoms with Crippen molar-refractivity contribution in [1.29, 1.82) is 0 Å². The molecule has 6 nitrogen and oxygen atoms in total. The molecule has 1 N–H and O–H groups in total. The average molecular weight is 478 g/mol. The lowest BCUT2D eigenvalue weighted by Gasteiger charge is -2.49. The molecule has 5 rings (SSSR count). The highest BCUT2D eigenvalue weighted by molar-refractivity contribution is 6.33. The number of anilines is 3. The minimum atomic E-state index is -0.215. The Hall–Kier alpha value is -3.38. The number of benzene rings is 3. The van der Waals surface area contributed by atoms with Gasteiger partial charge in [0.2, 0.25) is 5.91 Å². The van der Waals surface area contributed by atoms with Gasteiger partial charge in [-0.2, -0.15) is 0 Å². The zero-order valence-corrected chi connectivity index (χ0v) is 20.1. The molecule has 0 bridgehead atoms. The second kappa shape index (κ2) is 9.47. The number of piperazine rings is 1. The van der Waals surface area contributed by atoms with Crippen molar-refractivity contribution in [3.05, 3.63) is 77.3 Å². The van der Waals surface area contributed by atoms with Crippen LogP contribution in [0.5, 0.6) is 11.5 Å². The molecule has 2 aliphatic heterocycles.